The molecule has 35 heavy (non-hydrogen) atoms. The number of hydrogen-bond acceptors (Lipinski definition) is 3. The number of para-hydroxylation sites is 2. The van der Waals surface area contributed by atoms with E-state index in [-0.39, 0.29) is 11.9 Å². The van der Waals surface area contributed by atoms with E-state index in [1.807, 2.05) is 66.7 Å². The first-order chi connectivity index (χ1) is 17.1. The lowest BCUT2D eigenvalue weighted by molar-refractivity contribution is 0.243. The van der Waals surface area contributed by atoms with Crippen LogP contribution in [0.2, 0.25) is 0 Å². The van der Waals surface area contributed by atoms with Gasteiger partial charge in [0.1, 0.15) is 11.5 Å². The number of rotatable bonds is 3. The van der Waals surface area contributed by atoms with Crippen LogP contribution in [0.3, 0.4) is 0 Å². The average Bonchev–Trinajstić information content (AvgIpc) is 2.88. The summed E-state index contributed by atoms with van der Waals surface area (Å²) in [7, 11) is 0. The molecule has 1 aliphatic heterocycles. The molecule has 0 saturated heterocycles. The van der Waals surface area contributed by atoms with Crippen LogP contribution in [-0.2, 0) is 0 Å². The number of nitrogens with zero attached hydrogens (tertiary/aromatic N) is 1. The highest BCUT2D eigenvalue weighted by atomic mass is 79.9. The molecule has 0 spiro atoms. The van der Waals surface area contributed by atoms with E-state index in [4.69, 9.17) is 9.72 Å². The summed E-state index contributed by atoms with van der Waals surface area (Å²) < 4.78 is 8.61. The summed E-state index contributed by atoms with van der Waals surface area (Å²) in [6.07, 6.45) is -0.350. The lowest BCUT2D eigenvalue weighted by atomic mass is 9.86. The van der Waals surface area contributed by atoms with Crippen LogP contribution in [0, 0.1) is 0 Å². The Bertz CT molecular complexity index is 1580. The molecule has 170 valence electrons. The number of halogens is 2. The summed E-state index contributed by atoms with van der Waals surface area (Å²) in [6.45, 7) is 0. The Balaban J connectivity index is 1.71. The Hall–Kier alpha value is -3.41. The van der Waals surface area contributed by atoms with Gasteiger partial charge in [0.25, 0.3) is 0 Å². The van der Waals surface area contributed by atoms with E-state index < -0.39 is 0 Å². The molecule has 1 aliphatic rings. The molecule has 1 unspecified atom stereocenters. The molecule has 0 bridgehead atoms. The van der Waals surface area contributed by atoms with Gasteiger partial charge < -0.3 is 9.84 Å². The molecule has 0 radical (unpaired) electrons. The zero-order valence-electron chi connectivity index (χ0n) is 18.5. The van der Waals surface area contributed by atoms with Crippen molar-refractivity contribution in [1.82, 2.24) is 4.98 Å². The molecule has 2 heterocycles. The summed E-state index contributed by atoms with van der Waals surface area (Å²) in [4.78, 5) is 5.13. The van der Waals surface area contributed by atoms with Crippen molar-refractivity contribution in [3.05, 3.63) is 123 Å². The van der Waals surface area contributed by atoms with Crippen LogP contribution >= 0.6 is 31.9 Å². The van der Waals surface area contributed by atoms with Crippen molar-refractivity contribution in [2.24, 2.45) is 0 Å². The van der Waals surface area contributed by atoms with Gasteiger partial charge in [0, 0.05) is 25.6 Å². The molecule has 1 N–H and O–H groups in total. The topological polar surface area (TPSA) is 42.4 Å². The number of phenolic OH excluding ortho intramolecular Hbond substituents is 1. The Morgan fingerprint density at radius 2 is 1.40 bits per heavy atom. The van der Waals surface area contributed by atoms with E-state index in [9.17, 15) is 5.11 Å². The third-order valence-electron chi connectivity index (χ3n) is 6.17. The van der Waals surface area contributed by atoms with E-state index in [1.165, 1.54) is 0 Å². The van der Waals surface area contributed by atoms with Crippen LogP contribution in [0.5, 0.6) is 11.5 Å². The number of fused-ring (bicyclic) bond motifs is 3. The molecule has 5 heteroatoms. The Kier molecular flexibility index (Phi) is 5.67. The number of ether oxygens (including phenoxy) is 1. The Morgan fingerprint density at radius 1 is 0.686 bits per heavy atom. The maximum Gasteiger partial charge on any atom is 0.152 e. The minimum Gasteiger partial charge on any atom is -0.507 e. The van der Waals surface area contributed by atoms with Gasteiger partial charge in [-0.15, -0.1) is 0 Å². The first-order valence-corrected chi connectivity index (χ1v) is 12.8. The van der Waals surface area contributed by atoms with Gasteiger partial charge in [-0.2, -0.15) is 0 Å². The van der Waals surface area contributed by atoms with E-state index in [2.05, 4.69) is 62.2 Å². The summed E-state index contributed by atoms with van der Waals surface area (Å²) >= 11 is 7.25. The van der Waals surface area contributed by atoms with Crippen LogP contribution in [0.4, 0.5) is 0 Å². The highest BCUT2D eigenvalue weighted by Crippen LogP contribution is 2.49. The van der Waals surface area contributed by atoms with Gasteiger partial charge in [-0.3, -0.25) is 0 Å². The van der Waals surface area contributed by atoms with Gasteiger partial charge in [0.2, 0.25) is 0 Å². The molecule has 0 aliphatic carbocycles. The highest BCUT2D eigenvalue weighted by molar-refractivity contribution is 9.10. The fraction of sp³-hybridized carbons (Fsp3) is 0.0333. The third kappa shape index (κ3) is 4.05. The Morgan fingerprint density at radius 3 is 2.17 bits per heavy atom. The second-order valence-electron chi connectivity index (χ2n) is 8.39. The fourth-order valence-electron chi connectivity index (χ4n) is 4.60. The van der Waals surface area contributed by atoms with Crippen molar-refractivity contribution >= 4 is 31.9 Å². The van der Waals surface area contributed by atoms with E-state index >= 15 is 0 Å². The summed E-state index contributed by atoms with van der Waals surface area (Å²) in [5, 5.41) is 10.7. The van der Waals surface area contributed by atoms with Crippen LogP contribution < -0.4 is 4.74 Å². The maximum atomic E-state index is 10.7. The predicted octanol–water partition coefficient (Wildman–Crippen LogP) is 8.80. The first-order valence-electron chi connectivity index (χ1n) is 11.2. The number of aromatic hydroxyl groups is 1. The molecule has 4 aromatic carbocycles. The lowest BCUT2D eigenvalue weighted by Gasteiger charge is -2.31. The highest BCUT2D eigenvalue weighted by Gasteiger charge is 2.32. The molecular formula is C30H19Br2NO2. The molecule has 1 aromatic heterocycles. The minimum absolute atomic E-state index is 0.198. The molecule has 0 amide bonds. The summed E-state index contributed by atoms with van der Waals surface area (Å²) in [5.41, 5.74) is 7.26. The van der Waals surface area contributed by atoms with Crippen molar-refractivity contribution in [3.63, 3.8) is 0 Å². The van der Waals surface area contributed by atoms with Gasteiger partial charge in [-0.25, -0.2) is 4.98 Å². The number of phenols is 1. The second kappa shape index (κ2) is 8.99. The van der Waals surface area contributed by atoms with Crippen molar-refractivity contribution in [2.75, 3.05) is 0 Å². The van der Waals surface area contributed by atoms with E-state index in [1.54, 1.807) is 6.07 Å². The number of pyridine rings is 1. The predicted molar refractivity (Wildman–Crippen MR) is 147 cm³/mol. The Labute approximate surface area is 220 Å². The van der Waals surface area contributed by atoms with Crippen LogP contribution in [-0.4, -0.2) is 10.1 Å². The first kappa shape index (κ1) is 22.1. The normalized spacial score (nSPS) is 14.1. The fourth-order valence-corrected chi connectivity index (χ4v) is 5.42. The summed E-state index contributed by atoms with van der Waals surface area (Å²) in [6, 6.07) is 33.8. The minimum atomic E-state index is -0.350. The van der Waals surface area contributed by atoms with Gasteiger partial charge in [-0.05, 0) is 71.3 Å². The number of benzene rings is 4. The maximum absolute atomic E-state index is 10.7. The van der Waals surface area contributed by atoms with Crippen LogP contribution in [0.25, 0.3) is 33.6 Å². The number of hydrogen-bond donors (Lipinski definition) is 1. The van der Waals surface area contributed by atoms with Crippen LogP contribution in [0.1, 0.15) is 17.2 Å². The van der Waals surface area contributed by atoms with Crippen molar-refractivity contribution in [2.45, 2.75) is 6.10 Å². The van der Waals surface area contributed by atoms with Gasteiger partial charge in [0.15, 0.2) is 6.10 Å². The standard InChI is InChI=1S/C30H19Br2NO2/c31-20-9-5-7-18(15-20)24-17-25(22-11-1-3-13-26(22)34)33-29-23-12-2-4-14-27(23)35-30(28(24)29)19-8-6-10-21(32)16-19/h1-17,30,34H. The van der Waals surface area contributed by atoms with Crippen molar-refractivity contribution in [3.8, 4) is 45.1 Å². The zero-order valence-corrected chi connectivity index (χ0v) is 21.6. The van der Waals surface area contributed by atoms with Crippen molar-refractivity contribution in [1.29, 1.82) is 0 Å². The van der Waals surface area contributed by atoms with Gasteiger partial charge >= 0.3 is 0 Å². The quantitative estimate of drug-likeness (QED) is 0.230. The van der Waals surface area contributed by atoms with E-state index in [0.29, 0.717) is 11.3 Å². The molecule has 0 fully saturated rings. The monoisotopic (exact) mass is 583 g/mol. The molecule has 3 nitrogen and oxygen atoms in total. The second-order valence-corrected chi connectivity index (χ2v) is 10.2. The van der Waals surface area contributed by atoms with Gasteiger partial charge in [0.05, 0.1) is 11.4 Å². The van der Waals surface area contributed by atoms with E-state index in [0.717, 1.165) is 48.2 Å². The third-order valence-corrected chi connectivity index (χ3v) is 7.16. The average molecular weight is 585 g/mol. The van der Waals surface area contributed by atoms with Gasteiger partial charge in [-0.1, -0.05) is 80.4 Å². The molecule has 5 aromatic rings. The van der Waals surface area contributed by atoms with Crippen LogP contribution in [0.15, 0.2) is 112 Å². The molecule has 6 rings (SSSR count). The molecule has 1 atom stereocenters. The zero-order chi connectivity index (χ0) is 23.9. The smallest absolute Gasteiger partial charge is 0.152 e. The SMILES string of the molecule is Oc1ccccc1-c1cc(-c2cccc(Br)c2)c2c(n1)-c1ccccc1OC2c1cccc(Br)c1. The number of aromatic nitrogens is 1. The molecular weight excluding hydrogens is 566 g/mol. The van der Waals surface area contributed by atoms with Crippen molar-refractivity contribution < 1.29 is 9.84 Å². The summed E-state index contributed by atoms with van der Waals surface area (Å²) in [5.74, 6) is 0.983. The largest absolute Gasteiger partial charge is 0.507 e. The lowest BCUT2D eigenvalue weighted by Crippen LogP contribution is -2.18. The molecule has 0 saturated carbocycles.